The van der Waals surface area contributed by atoms with Crippen LogP contribution in [0.25, 0.3) is 0 Å². The van der Waals surface area contributed by atoms with Crippen molar-refractivity contribution in [3.05, 3.63) is 0 Å². The Balaban J connectivity index is 1.69. The number of amides is 2. The minimum Gasteiger partial charge on any atom is -0.481 e. The molecule has 0 aromatic heterocycles. The number of carbonyl (C=O) groups is 3. The smallest absolute Gasteiger partial charge is 0.307 e. The first-order valence-electron chi connectivity index (χ1n) is 7.32. The monoisotopic (exact) mass is 298 g/mol. The van der Waals surface area contributed by atoms with Crippen molar-refractivity contribution in [2.45, 2.75) is 31.7 Å². The SMILES string of the molecule is COCCC(=O)N1CCC(NC(=O)C2CC2C(=O)O)CC1. The molecule has 0 bridgehead atoms. The lowest BCUT2D eigenvalue weighted by Gasteiger charge is -2.32. The number of hydrogen-bond acceptors (Lipinski definition) is 4. The van der Waals surface area contributed by atoms with Crippen molar-refractivity contribution in [3.8, 4) is 0 Å². The van der Waals surface area contributed by atoms with Gasteiger partial charge in [0.15, 0.2) is 0 Å². The van der Waals surface area contributed by atoms with Crippen molar-refractivity contribution >= 4 is 17.8 Å². The number of aliphatic carboxylic acids is 1. The molecule has 2 unspecified atom stereocenters. The van der Waals surface area contributed by atoms with E-state index >= 15 is 0 Å². The van der Waals surface area contributed by atoms with Crippen LogP contribution in [0.4, 0.5) is 0 Å². The maximum absolute atomic E-state index is 11.9. The third-order valence-corrected chi connectivity index (χ3v) is 4.16. The van der Waals surface area contributed by atoms with Crippen molar-refractivity contribution in [3.63, 3.8) is 0 Å². The van der Waals surface area contributed by atoms with Gasteiger partial charge in [0.2, 0.25) is 11.8 Å². The van der Waals surface area contributed by atoms with E-state index in [4.69, 9.17) is 9.84 Å². The van der Waals surface area contributed by atoms with Gasteiger partial charge in [-0.05, 0) is 19.3 Å². The van der Waals surface area contributed by atoms with Gasteiger partial charge >= 0.3 is 5.97 Å². The van der Waals surface area contributed by atoms with E-state index in [9.17, 15) is 14.4 Å². The summed E-state index contributed by atoms with van der Waals surface area (Å²) in [5, 5.41) is 11.7. The van der Waals surface area contributed by atoms with Gasteiger partial charge in [-0.25, -0.2) is 0 Å². The highest BCUT2D eigenvalue weighted by Crippen LogP contribution is 2.38. The van der Waals surface area contributed by atoms with E-state index < -0.39 is 11.9 Å². The number of piperidine rings is 1. The zero-order chi connectivity index (χ0) is 15.4. The maximum Gasteiger partial charge on any atom is 0.307 e. The van der Waals surface area contributed by atoms with Crippen LogP contribution in [0.1, 0.15) is 25.7 Å². The lowest BCUT2D eigenvalue weighted by atomic mass is 10.0. The number of rotatable bonds is 6. The van der Waals surface area contributed by atoms with Gasteiger partial charge < -0.3 is 20.1 Å². The summed E-state index contributed by atoms with van der Waals surface area (Å²) in [7, 11) is 1.57. The fourth-order valence-electron chi connectivity index (χ4n) is 2.69. The Morgan fingerprint density at radius 1 is 1.24 bits per heavy atom. The predicted octanol–water partition coefficient (Wildman–Crippen LogP) is -0.149. The first kappa shape index (κ1) is 15.8. The Hall–Kier alpha value is -1.63. The van der Waals surface area contributed by atoms with Crippen molar-refractivity contribution < 1.29 is 24.2 Å². The first-order chi connectivity index (χ1) is 10.0. The van der Waals surface area contributed by atoms with Crippen LogP contribution < -0.4 is 5.32 Å². The number of nitrogens with one attached hydrogen (secondary N) is 1. The predicted molar refractivity (Wildman–Crippen MR) is 73.5 cm³/mol. The van der Waals surface area contributed by atoms with Crippen molar-refractivity contribution in [2.75, 3.05) is 26.8 Å². The molecule has 2 aliphatic rings. The van der Waals surface area contributed by atoms with Gasteiger partial charge in [0, 0.05) is 26.2 Å². The van der Waals surface area contributed by atoms with Crippen LogP contribution in [-0.2, 0) is 19.1 Å². The van der Waals surface area contributed by atoms with Crippen LogP contribution in [0.15, 0.2) is 0 Å². The Bertz CT molecular complexity index is 418. The third kappa shape index (κ3) is 4.17. The lowest BCUT2D eigenvalue weighted by Crippen LogP contribution is -2.47. The molecule has 1 saturated heterocycles. The Kier molecular flexibility index (Phi) is 5.17. The highest BCUT2D eigenvalue weighted by Gasteiger charge is 2.48. The molecule has 1 heterocycles. The molecule has 0 spiro atoms. The van der Waals surface area contributed by atoms with Crippen LogP contribution in [0.3, 0.4) is 0 Å². The molecule has 2 fully saturated rings. The number of ether oxygens (including phenoxy) is 1. The second kappa shape index (κ2) is 6.89. The van der Waals surface area contributed by atoms with Gasteiger partial charge in [0.25, 0.3) is 0 Å². The molecule has 118 valence electrons. The fourth-order valence-corrected chi connectivity index (χ4v) is 2.69. The standard InChI is InChI=1S/C14H22N2O5/c1-21-7-4-12(17)16-5-2-9(3-6-16)15-13(18)10-8-11(10)14(19)20/h9-11H,2-8H2,1H3,(H,15,18)(H,19,20). The van der Waals surface area contributed by atoms with E-state index in [2.05, 4.69) is 5.32 Å². The average molecular weight is 298 g/mol. The molecule has 0 aromatic carbocycles. The third-order valence-electron chi connectivity index (χ3n) is 4.16. The Morgan fingerprint density at radius 3 is 2.43 bits per heavy atom. The van der Waals surface area contributed by atoms with E-state index in [1.807, 2.05) is 0 Å². The van der Waals surface area contributed by atoms with Gasteiger partial charge in [-0.3, -0.25) is 14.4 Å². The summed E-state index contributed by atoms with van der Waals surface area (Å²) in [5.41, 5.74) is 0. The minimum absolute atomic E-state index is 0.0408. The van der Waals surface area contributed by atoms with Crippen LogP contribution >= 0.6 is 0 Å². The maximum atomic E-state index is 11.9. The number of nitrogens with zero attached hydrogens (tertiary/aromatic N) is 1. The van der Waals surface area contributed by atoms with Crippen molar-refractivity contribution in [1.82, 2.24) is 10.2 Å². The van der Waals surface area contributed by atoms with Gasteiger partial charge in [-0.15, -0.1) is 0 Å². The molecule has 0 radical (unpaired) electrons. The summed E-state index contributed by atoms with van der Waals surface area (Å²) in [6, 6.07) is 0.0408. The molecule has 2 N–H and O–H groups in total. The zero-order valence-electron chi connectivity index (χ0n) is 12.2. The van der Waals surface area contributed by atoms with Crippen molar-refractivity contribution in [2.24, 2.45) is 11.8 Å². The first-order valence-corrected chi connectivity index (χ1v) is 7.32. The molecule has 1 aliphatic heterocycles. The summed E-state index contributed by atoms with van der Waals surface area (Å²) in [4.78, 5) is 36.2. The number of methoxy groups -OCH3 is 1. The summed E-state index contributed by atoms with van der Waals surface area (Å²) < 4.78 is 4.89. The number of hydrogen-bond donors (Lipinski definition) is 2. The van der Waals surface area contributed by atoms with Gasteiger partial charge in [-0.1, -0.05) is 0 Å². The summed E-state index contributed by atoms with van der Waals surface area (Å²) >= 11 is 0. The highest BCUT2D eigenvalue weighted by atomic mass is 16.5. The second-order valence-corrected chi connectivity index (χ2v) is 5.69. The summed E-state index contributed by atoms with van der Waals surface area (Å²) in [5.74, 6) is -1.86. The van der Waals surface area contributed by atoms with E-state index in [1.54, 1.807) is 12.0 Å². The van der Waals surface area contributed by atoms with E-state index in [0.29, 0.717) is 32.5 Å². The molecule has 2 rings (SSSR count). The Morgan fingerprint density at radius 2 is 1.90 bits per heavy atom. The van der Waals surface area contributed by atoms with E-state index in [0.717, 1.165) is 12.8 Å². The normalized spacial score (nSPS) is 25.5. The quantitative estimate of drug-likeness (QED) is 0.711. The van der Waals surface area contributed by atoms with Gasteiger partial charge in [-0.2, -0.15) is 0 Å². The van der Waals surface area contributed by atoms with E-state index in [-0.39, 0.29) is 23.8 Å². The van der Waals surface area contributed by atoms with E-state index in [1.165, 1.54) is 0 Å². The van der Waals surface area contributed by atoms with Crippen molar-refractivity contribution in [1.29, 1.82) is 0 Å². The molecule has 7 heteroatoms. The molecule has 2 amide bonds. The molecule has 7 nitrogen and oxygen atoms in total. The lowest BCUT2D eigenvalue weighted by molar-refractivity contribution is -0.140. The number of carboxylic acids is 1. The van der Waals surface area contributed by atoms with Gasteiger partial charge in [0.1, 0.15) is 0 Å². The van der Waals surface area contributed by atoms with Crippen LogP contribution in [0.2, 0.25) is 0 Å². The average Bonchev–Trinajstić information content (AvgIpc) is 3.26. The highest BCUT2D eigenvalue weighted by molar-refractivity contribution is 5.89. The summed E-state index contributed by atoms with van der Waals surface area (Å²) in [6.07, 6.45) is 2.26. The molecule has 2 atom stereocenters. The topological polar surface area (TPSA) is 95.9 Å². The zero-order valence-corrected chi connectivity index (χ0v) is 12.2. The molecule has 21 heavy (non-hydrogen) atoms. The number of carbonyl (C=O) groups excluding carboxylic acids is 2. The molecular weight excluding hydrogens is 276 g/mol. The molecule has 0 aromatic rings. The van der Waals surface area contributed by atoms with Crippen LogP contribution in [0, 0.1) is 11.8 Å². The molecule has 1 saturated carbocycles. The minimum atomic E-state index is -0.895. The summed E-state index contributed by atoms with van der Waals surface area (Å²) in [6.45, 7) is 1.68. The number of likely N-dealkylation sites (tertiary alicyclic amines) is 1. The van der Waals surface area contributed by atoms with Crippen LogP contribution in [-0.4, -0.2) is 60.6 Å². The van der Waals surface area contributed by atoms with Gasteiger partial charge in [0.05, 0.1) is 24.9 Å². The molecule has 1 aliphatic carbocycles. The number of carboxylic acid groups (broad SMARTS) is 1. The fraction of sp³-hybridized carbons (Fsp3) is 0.786. The largest absolute Gasteiger partial charge is 0.481 e. The molecular formula is C14H22N2O5. The second-order valence-electron chi connectivity index (χ2n) is 5.69. The Labute approximate surface area is 123 Å². The van der Waals surface area contributed by atoms with Crippen LogP contribution in [0.5, 0.6) is 0 Å².